The van der Waals surface area contributed by atoms with Crippen LogP contribution in [0.2, 0.25) is 0 Å². The van der Waals surface area contributed by atoms with E-state index >= 15 is 0 Å². The molecular weight excluding hydrogens is 326 g/mol. The minimum absolute atomic E-state index is 0.0423. The fourth-order valence-corrected chi connectivity index (χ4v) is 3.16. The number of carbonyl (C=O) groups is 1. The molecule has 4 rings (SSSR count). The molecule has 1 atom stereocenters. The number of hydrogen-bond acceptors (Lipinski definition) is 3. The van der Waals surface area contributed by atoms with Gasteiger partial charge in [0, 0.05) is 30.5 Å². The number of nitrogens with zero attached hydrogens (tertiary/aromatic N) is 2. The third-order valence-electron chi connectivity index (χ3n) is 4.61. The standard InChI is InChI=1S/C21H21N3O2/c25-21(17-11-12-26-15-17)22-13-18-14-24(19-9-5-2-6-10-19)23-20(18)16-7-3-1-4-8-16/h1-10,14,17H,11-13,15H2,(H,22,25)/t17-/m0/s1. The van der Waals surface area contributed by atoms with Crippen LogP contribution in [0.5, 0.6) is 0 Å². The summed E-state index contributed by atoms with van der Waals surface area (Å²) in [6.45, 7) is 1.63. The van der Waals surface area contributed by atoms with E-state index in [0.717, 1.165) is 28.9 Å². The van der Waals surface area contributed by atoms with Crippen LogP contribution < -0.4 is 5.32 Å². The third-order valence-corrected chi connectivity index (χ3v) is 4.61. The van der Waals surface area contributed by atoms with Crippen molar-refractivity contribution in [1.82, 2.24) is 15.1 Å². The largest absolute Gasteiger partial charge is 0.381 e. The average Bonchev–Trinajstić information content (AvgIpc) is 3.38. The molecule has 0 unspecified atom stereocenters. The van der Waals surface area contributed by atoms with Crippen molar-refractivity contribution in [3.8, 4) is 16.9 Å². The molecule has 1 N–H and O–H groups in total. The summed E-state index contributed by atoms with van der Waals surface area (Å²) in [7, 11) is 0. The number of hydrogen-bond donors (Lipinski definition) is 1. The van der Waals surface area contributed by atoms with E-state index < -0.39 is 0 Å². The van der Waals surface area contributed by atoms with Crippen LogP contribution in [0.25, 0.3) is 16.9 Å². The molecule has 0 bridgehead atoms. The zero-order valence-electron chi connectivity index (χ0n) is 14.5. The van der Waals surface area contributed by atoms with Crippen LogP contribution >= 0.6 is 0 Å². The maximum Gasteiger partial charge on any atom is 0.225 e. The Bertz CT molecular complexity index is 869. The summed E-state index contributed by atoms with van der Waals surface area (Å²) < 4.78 is 7.17. The number of rotatable bonds is 5. The topological polar surface area (TPSA) is 56.2 Å². The van der Waals surface area contributed by atoms with E-state index in [1.54, 1.807) is 0 Å². The molecule has 0 aliphatic carbocycles. The highest BCUT2D eigenvalue weighted by atomic mass is 16.5. The Morgan fingerprint density at radius 1 is 1.12 bits per heavy atom. The lowest BCUT2D eigenvalue weighted by molar-refractivity contribution is -0.125. The second-order valence-electron chi connectivity index (χ2n) is 6.43. The molecule has 1 saturated heterocycles. The number of nitrogens with one attached hydrogen (secondary N) is 1. The molecule has 1 aromatic heterocycles. The Morgan fingerprint density at radius 3 is 2.54 bits per heavy atom. The molecule has 1 aliphatic heterocycles. The van der Waals surface area contributed by atoms with E-state index in [9.17, 15) is 4.79 Å². The van der Waals surface area contributed by atoms with Crippen molar-refractivity contribution in [3.63, 3.8) is 0 Å². The van der Waals surface area contributed by atoms with Gasteiger partial charge in [0.25, 0.3) is 0 Å². The summed E-state index contributed by atoms with van der Waals surface area (Å²) in [6, 6.07) is 20.0. The van der Waals surface area contributed by atoms with Crippen LogP contribution in [0.3, 0.4) is 0 Å². The second kappa shape index (κ2) is 7.54. The van der Waals surface area contributed by atoms with Crippen LogP contribution in [0.4, 0.5) is 0 Å². The Labute approximate surface area is 152 Å². The molecule has 1 amide bonds. The summed E-state index contributed by atoms with van der Waals surface area (Å²) in [5, 5.41) is 7.81. The fourth-order valence-electron chi connectivity index (χ4n) is 3.16. The predicted molar refractivity (Wildman–Crippen MR) is 99.8 cm³/mol. The highest BCUT2D eigenvalue weighted by Gasteiger charge is 2.23. The minimum atomic E-state index is -0.0423. The van der Waals surface area contributed by atoms with Gasteiger partial charge in [-0.25, -0.2) is 4.68 Å². The van der Waals surface area contributed by atoms with E-state index in [1.165, 1.54) is 0 Å². The van der Waals surface area contributed by atoms with Gasteiger partial charge in [0.15, 0.2) is 0 Å². The summed E-state index contributed by atoms with van der Waals surface area (Å²) in [6.07, 6.45) is 2.78. The van der Waals surface area contributed by atoms with Crippen LogP contribution in [-0.2, 0) is 16.1 Å². The van der Waals surface area contributed by atoms with Gasteiger partial charge in [0.2, 0.25) is 5.91 Å². The van der Waals surface area contributed by atoms with E-state index in [0.29, 0.717) is 19.8 Å². The van der Waals surface area contributed by atoms with Gasteiger partial charge >= 0.3 is 0 Å². The number of para-hydroxylation sites is 1. The summed E-state index contributed by atoms with van der Waals surface area (Å²) in [5.41, 5.74) is 3.91. The Morgan fingerprint density at radius 2 is 1.85 bits per heavy atom. The molecule has 1 fully saturated rings. The Balaban J connectivity index is 1.61. The quantitative estimate of drug-likeness (QED) is 0.771. The number of carbonyl (C=O) groups excluding carboxylic acids is 1. The third kappa shape index (κ3) is 3.53. The molecule has 132 valence electrons. The number of ether oxygens (including phenoxy) is 1. The van der Waals surface area contributed by atoms with Gasteiger partial charge in [-0.3, -0.25) is 4.79 Å². The van der Waals surface area contributed by atoms with Crippen molar-refractivity contribution in [2.75, 3.05) is 13.2 Å². The fraction of sp³-hybridized carbons (Fsp3) is 0.238. The monoisotopic (exact) mass is 347 g/mol. The normalized spacial score (nSPS) is 16.5. The van der Waals surface area contributed by atoms with Crippen LogP contribution in [0, 0.1) is 5.92 Å². The van der Waals surface area contributed by atoms with Crippen LogP contribution in [0.1, 0.15) is 12.0 Å². The van der Waals surface area contributed by atoms with Crippen molar-refractivity contribution >= 4 is 5.91 Å². The molecule has 2 aromatic carbocycles. The molecule has 0 spiro atoms. The molecular formula is C21H21N3O2. The zero-order valence-corrected chi connectivity index (χ0v) is 14.5. The van der Waals surface area contributed by atoms with Gasteiger partial charge < -0.3 is 10.1 Å². The lowest BCUT2D eigenvalue weighted by Gasteiger charge is -2.09. The van der Waals surface area contributed by atoms with E-state index in [-0.39, 0.29) is 11.8 Å². The van der Waals surface area contributed by atoms with Crippen molar-refractivity contribution in [2.24, 2.45) is 5.92 Å². The van der Waals surface area contributed by atoms with Crippen molar-refractivity contribution in [3.05, 3.63) is 72.4 Å². The van der Waals surface area contributed by atoms with Crippen molar-refractivity contribution in [1.29, 1.82) is 0 Å². The zero-order chi connectivity index (χ0) is 17.8. The van der Waals surface area contributed by atoms with Crippen molar-refractivity contribution in [2.45, 2.75) is 13.0 Å². The molecule has 5 heteroatoms. The first kappa shape index (κ1) is 16.5. The van der Waals surface area contributed by atoms with Gasteiger partial charge in [-0.15, -0.1) is 0 Å². The van der Waals surface area contributed by atoms with E-state index in [1.807, 2.05) is 71.5 Å². The Hall–Kier alpha value is -2.92. The lowest BCUT2D eigenvalue weighted by atomic mass is 10.1. The summed E-state index contributed by atoms with van der Waals surface area (Å²) >= 11 is 0. The SMILES string of the molecule is O=C(NCc1cn(-c2ccccc2)nc1-c1ccccc1)[C@H]1CCOC1. The van der Waals surface area contributed by atoms with Crippen LogP contribution in [-0.4, -0.2) is 28.9 Å². The van der Waals surface area contributed by atoms with E-state index in [4.69, 9.17) is 9.84 Å². The predicted octanol–water partition coefficient (Wildman–Crippen LogP) is 3.19. The molecule has 26 heavy (non-hydrogen) atoms. The maximum absolute atomic E-state index is 12.3. The van der Waals surface area contributed by atoms with E-state index in [2.05, 4.69) is 5.32 Å². The maximum atomic E-state index is 12.3. The highest BCUT2D eigenvalue weighted by molar-refractivity contribution is 5.79. The van der Waals surface area contributed by atoms with Gasteiger partial charge in [-0.1, -0.05) is 48.5 Å². The number of aromatic nitrogens is 2. The average molecular weight is 347 g/mol. The smallest absolute Gasteiger partial charge is 0.225 e. The molecule has 0 saturated carbocycles. The number of benzene rings is 2. The molecule has 5 nitrogen and oxygen atoms in total. The van der Waals surface area contributed by atoms with Gasteiger partial charge in [-0.2, -0.15) is 5.10 Å². The van der Waals surface area contributed by atoms with Gasteiger partial charge in [0.1, 0.15) is 0 Å². The second-order valence-corrected chi connectivity index (χ2v) is 6.43. The number of amides is 1. The molecule has 0 radical (unpaired) electrons. The van der Waals surface area contributed by atoms with Gasteiger partial charge in [0.05, 0.1) is 23.9 Å². The van der Waals surface area contributed by atoms with Gasteiger partial charge in [-0.05, 0) is 18.6 Å². The lowest BCUT2D eigenvalue weighted by Crippen LogP contribution is -2.30. The first-order chi connectivity index (χ1) is 12.8. The molecule has 1 aliphatic rings. The summed E-state index contributed by atoms with van der Waals surface area (Å²) in [4.78, 5) is 12.3. The first-order valence-corrected chi connectivity index (χ1v) is 8.86. The minimum Gasteiger partial charge on any atom is -0.381 e. The Kier molecular flexibility index (Phi) is 4.80. The molecule has 3 aromatic rings. The molecule has 2 heterocycles. The summed E-state index contributed by atoms with van der Waals surface area (Å²) in [5.74, 6) is 0.00770. The van der Waals surface area contributed by atoms with Crippen molar-refractivity contribution < 1.29 is 9.53 Å². The highest BCUT2D eigenvalue weighted by Crippen LogP contribution is 2.24. The van der Waals surface area contributed by atoms with Crippen LogP contribution in [0.15, 0.2) is 66.9 Å². The first-order valence-electron chi connectivity index (χ1n) is 8.86.